The Hall–Kier alpha value is -3.16. The molecule has 1 saturated heterocycles. The number of anilines is 1. The predicted molar refractivity (Wildman–Crippen MR) is 98.0 cm³/mol. The van der Waals surface area contributed by atoms with Crippen LogP contribution in [0.2, 0.25) is 0 Å². The molecule has 2 aromatic rings. The van der Waals surface area contributed by atoms with E-state index >= 15 is 0 Å². The average molecular weight is 367 g/mol. The lowest BCUT2D eigenvalue weighted by Crippen LogP contribution is -2.43. The van der Waals surface area contributed by atoms with E-state index in [-0.39, 0.29) is 5.91 Å². The molecular formula is C19H21N5O3. The molecule has 3 heterocycles. The molecule has 2 aliphatic rings. The number of nitrogens with one attached hydrogen (secondary N) is 2. The highest BCUT2D eigenvalue weighted by Gasteiger charge is 2.28. The Morgan fingerprint density at radius 3 is 2.74 bits per heavy atom. The fourth-order valence-corrected chi connectivity index (χ4v) is 3.71. The smallest absolute Gasteiger partial charge is 0.313 e. The van der Waals surface area contributed by atoms with Gasteiger partial charge in [0.25, 0.3) is 5.91 Å². The van der Waals surface area contributed by atoms with Gasteiger partial charge in [0, 0.05) is 44.1 Å². The molecule has 0 atom stereocenters. The van der Waals surface area contributed by atoms with Crippen LogP contribution in [0.1, 0.15) is 40.2 Å². The van der Waals surface area contributed by atoms with Gasteiger partial charge in [-0.05, 0) is 48.1 Å². The summed E-state index contributed by atoms with van der Waals surface area (Å²) in [6.45, 7) is 1.54. The Balaban J connectivity index is 1.35. The van der Waals surface area contributed by atoms with E-state index in [0.717, 1.165) is 18.4 Å². The van der Waals surface area contributed by atoms with Crippen molar-refractivity contribution < 1.29 is 14.4 Å². The molecule has 1 fully saturated rings. The summed E-state index contributed by atoms with van der Waals surface area (Å²) < 4.78 is 1.78. The molecule has 140 valence electrons. The Kier molecular flexibility index (Phi) is 4.39. The minimum Gasteiger partial charge on any atom is -0.348 e. The van der Waals surface area contributed by atoms with E-state index in [9.17, 15) is 14.4 Å². The van der Waals surface area contributed by atoms with Gasteiger partial charge in [0.15, 0.2) is 0 Å². The van der Waals surface area contributed by atoms with Crippen molar-refractivity contribution in [1.82, 2.24) is 20.0 Å². The largest absolute Gasteiger partial charge is 0.348 e. The molecule has 0 aliphatic carbocycles. The van der Waals surface area contributed by atoms with E-state index in [1.54, 1.807) is 27.8 Å². The van der Waals surface area contributed by atoms with Gasteiger partial charge in [-0.1, -0.05) is 0 Å². The molecule has 0 bridgehead atoms. The number of carbonyl (C=O) groups is 3. The van der Waals surface area contributed by atoms with Gasteiger partial charge in [0.2, 0.25) is 0 Å². The zero-order valence-corrected chi connectivity index (χ0v) is 15.1. The fourth-order valence-electron chi connectivity index (χ4n) is 3.71. The minimum atomic E-state index is -0.646. The third-order valence-electron chi connectivity index (χ3n) is 5.22. The quantitative estimate of drug-likeness (QED) is 0.774. The zero-order chi connectivity index (χ0) is 19.0. The maximum atomic E-state index is 12.5. The summed E-state index contributed by atoms with van der Waals surface area (Å²) in [5, 5.41) is 9.57. The van der Waals surface area contributed by atoms with Gasteiger partial charge in [0.05, 0.1) is 6.20 Å². The molecule has 1 aromatic carbocycles. The second-order valence-corrected chi connectivity index (χ2v) is 7.02. The van der Waals surface area contributed by atoms with Crippen LogP contribution in [0.3, 0.4) is 0 Å². The fraction of sp³-hybridized carbons (Fsp3) is 0.368. The predicted octanol–water partition coefficient (Wildman–Crippen LogP) is 1.01. The van der Waals surface area contributed by atoms with Gasteiger partial charge in [-0.2, -0.15) is 5.10 Å². The Morgan fingerprint density at radius 1 is 1.26 bits per heavy atom. The summed E-state index contributed by atoms with van der Waals surface area (Å²) in [4.78, 5) is 38.0. The van der Waals surface area contributed by atoms with Crippen LogP contribution in [0.4, 0.5) is 5.69 Å². The van der Waals surface area contributed by atoms with Crippen LogP contribution in [-0.4, -0.2) is 45.5 Å². The maximum absolute atomic E-state index is 12.5. The van der Waals surface area contributed by atoms with E-state index in [1.807, 2.05) is 19.4 Å². The van der Waals surface area contributed by atoms with Crippen molar-refractivity contribution in [1.29, 1.82) is 0 Å². The topological polar surface area (TPSA) is 96.3 Å². The molecule has 2 N–H and O–H groups in total. The van der Waals surface area contributed by atoms with Crippen molar-refractivity contribution in [2.75, 3.05) is 18.4 Å². The lowest BCUT2D eigenvalue weighted by Gasteiger charge is -2.31. The molecule has 4 rings (SSSR count). The number of nitrogens with zero attached hydrogens (tertiary/aromatic N) is 3. The molecule has 2 aliphatic heterocycles. The zero-order valence-electron chi connectivity index (χ0n) is 15.1. The number of hydrogen-bond donors (Lipinski definition) is 2. The monoisotopic (exact) mass is 367 g/mol. The van der Waals surface area contributed by atoms with Crippen molar-refractivity contribution >= 4 is 23.4 Å². The highest BCUT2D eigenvalue weighted by Crippen LogP contribution is 2.27. The minimum absolute atomic E-state index is 0.115. The van der Waals surface area contributed by atoms with Crippen LogP contribution in [0.5, 0.6) is 0 Å². The summed E-state index contributed by atoms with van der Waals surface area (Å²) in [6, 6.07) is 5.04. The van der Waals surface area contributed by atoms with Crippen molar-refractivity contribution in [2.24, 2.45) is 7.05 Å². The Morgan fingerprint density at radius 2 is 2.04 bits per heavy atom. The van der Waals surface area contributed by atoms with Gasteiger partial charge in [-0.3, -0.25) is 19.1 Å². The summed E-state index contributed by atoms with van der Waals surface area (Å²) in [5.41, 5.74) is 3.13. The van der Waals surface area contributed by atoms with Gasteiger partial charge in [0.1, 0.15) is 0 Å². The number of benzene rings is 1. The number of carbonyl (C=O) groups excluding carboxylic acids is 3. The highest BCUT2D eigenvalue weighted by molar-refractivity contribution is 6.39. The van der Waals surface area contributed by atoms with Crippen molar-refractivity contribution in [2.45, 2.75) is 25.3 Å². The SMILES string of the molecule is Cn1cc(C2CCN(C(=O)C(=O)Nc3ccc4c(c3)CNC4=O)CC2)cn1. The van der Waals surface area contributed by atoms with Crippen LogP contribution in [0.15, 0.2) is 30.6 Å². The first-order chi connectivity index (χ1) is 13.0. The molecule has 8 heteroatoms. The first-order valence-electron chi connectivity index (χ1n) is 9.01. The number of aryl methyl sites for hydroxylation is 1. The van der Waals surface area contributed by atoms with Crippen molar-refractivity contribution in [3.8, 4) is 0 Å². The number of fused-ring (bicyclic) bond motifs is 1. The van der Waals surface area contributed by atoms with Crippen LogP contribution in [-0.2, 0) is 23.2 Å². The van der Waals surface area contributed by atoms with E-state index < -0.39 is 11.8 Å². The lowest BCUT2D eigenvalue weighted by molar-refractivity contribution is -0.143. The van der Waals surface area contributed by atoms with Crippen LogP contribution in [0, 0.1) is 0 Å². The average Bonchev–Trinajstić information content (AvgIpc) is 3.27. The molecule has 0 spiro atoms. The molecule has 0 radical (unpaired) electrons. The first kappa shape index (κ1) is 17.3. The number of rotatable bonds is 2. The molecule has 0 saturated carbocycles. The normalized spacial score (nSPS) is 16.8. The first-order valence-corrected chi connectivity index (χ1v) is 9.01. The van der Waals surface area contributed by atoms with E-state index in [2.05, 4.69) is 15.7 Å². The second-order valence-electron chi connectivity index (χ2n) is 7.02. The van der Waals surface area contributed by atoms with Crippen molar-refractivity contribution in [3.63, 3.8) is 0 Å². The lowest BCUT2D eigenvalue weighted by atomic mass is 9.91. The van der Waals surface area contributed by atoms with Crippen molar-refractivity contribution in [3.05, 3.63) is 47.3 Å². The third-order valence-corrected chi connectivity index (χ3v) is 5.22. The standard InChI is InChI=1S/C19H21N5O3/c1-23-11-14(10-21-23)12-4-6-24(7-5-12)19(27)18(26)22-15-2-3-16-13(8-15)9-20-17(16)25/h2-3,8,10-12H,4-7,9H2,1H3,(H,20,25)(H,22,26). The maximum Gasteiger partial charge on any atom is 0.313 e. The number of amides is 3. The second kappa shape index (κ2) is 6.86. The van der Waals surface area contributed by atoms with Gasteiger partial charge in [-0.25, -0.2) is 0 Å². The molecule has 8 nitrogen and oxygen atoms in total. The molecule has 27 heavy (non-hydrogen) atoms. The number of piperidine rings is 1. The van der Waals surface area contributed by atoms with E-state index in [0.29, 0.717) is 36.8 Å². The molecule has 3 amide bonds. The van der Waals surface area contributed by atoms with Crippen LogP contribution >= 0.6 is 0 Å². The van der Waals surface area contributed by atoms with Gasteiger partial charge < -0.3 is 15.5 Å². The Labute approximate surface area is 156 Å². The van der Waals surface area contributed by atoms with E-state index in [1.165, 1.54) is 5.56 Å². The molecule has 0 unspecified atom stereocenters. The molecule has 1 aromatic heterocycles. The number of aromatic nitrogens is 2. The summed E-state index contributed by atoms with van der Waals surface area (Å²) >= 11 is 0. The molecular weight excluding hydrogens is 346 g/mol. The number of hydrogen-bond acceptors (Lipinski definition) is 4. The summed E-state index contributed by atoms with van der Waals surface area (Å²) in [6.07, 6.45) is 5.50. The Bertz CT molecular complexity index is 912. The van der Waals surface area contributed by atoms with Crippen LogP contribution in [0.25, 0.3) is 0 Å². The van der Waals surface area contributed by atoms with Gasteiger partial charge >= 0.3 is 11.8 Å². The summed E-state index contributed by atoms with van der Waals surface area (Å²) in [5.74, 6) is -0.913. The highest BCUT2D eigenvalue weighted by atomic mass is 16.2. The summed E-state index contributed by atoms with van der Waals surface area (Å²) in [7, 11) is 1.89. The third kappa shape index (κ3) is 3.42. The van der Waals surface area contributed by atoms with E-state index in [4.69, 9.17) is 0 Å². The number of likely N-dealkylation sites (tertiary alicyclic amines) is 1. The van der Waals surface area contributed by atoms with Gasteiger partial charge in [-0.15, -0.1) is 0 Å². The van der Waals surface area contributed by atoms with Crippen LogP contribution < -0.4 is 10.6 Å².